The molecule has 0 aliphatic heterocycles. The number of pyridine rings is 1. The third-order valence-electron chi connectivity index (χ3n) is 3.58. The van der Waals surface area contributed by atoms with Gasteiger partial charge in [-0.25, -0.2) is 4.39 Å². The van der Waals surface area contributed by atoms with E-state index in [1.165, 1.54) is 36.7 Å². The summed E-state index contributed by atoms with van der Waals surface area (Å²) in [5.41, 5.74) is 5.14. The highest BCUT2D eigenvalue weighted by Gasteiger charge is 2.25. The Morgan fingerprint density at radius 1 is 0.885 bits per heavy atom. The van der Waals surface area contributed by atoms with Crippen molar-refractivity contribution in [3.8, 4) is 0 Å². The Balaban J connectivity index is 1.97. The number of rotatable bonds is 5. The van der Waals surface area contributed by atoms with Crippen LogP contribution in [0.15, 0.2) is 48.8 Å². The molecule has 2 rings (SSSR count). The highest BCUT2D eigenvalue weighted by atomic mass is 19.1. The summed E-state index contributed by atoms with van der Waals surface area (Å²) in [5.74, 6) is -2.29. The summed E-state index contributed by atoms with van der Waals surface area (Å²) in [7, 11) is 0. The quantitative estimate of drug-likeness (QED) is 0.704. The second-order valence-electron chi connectivity index (χ2n) is 5.88. The summed E-state index contributed by atoms with van der Waals surface area (Å²) in [6, 6.07) is 7.08. The highest BCUT2D eigenvalue weighted by Crippen LogP contribution is 2.06. The minimum absolute atomic E-state index is 0.227. The van der Waals surface area contributed by atoms with Gasteiger partial charge in [0.1, 0.15) is 11.9 Å². The van der Waals surface area contributed by atoms with Crippen molar-refractivity contribution < 1.29 is 18.8 Å². The lowest BCUT2D eigenvalue weighted by Gasteiger charge is -2.22. The van der Waals surface area contributed by atoms with Gasteiger partial charge in [-0.1, -0.05) is 13.8 Å². The number of hydrogen-bond acceptors (Lipinski definition) is 4. The minimum atomic E-state index is -0.884. The zero-order valence-corrected chi connectivity index (χ0v) is 14.3. The van der Waals surface area contributed by atoms with Crippen molar-refractivity contribution in [2.24, 2.45) is 5.92 Å². The molecule has 3 amide bonds. The molecule has 2 aromatic rings. The lowest BCUT2D eigenvalue weighted by molar-refractivity contribution is -0.124. The molecule has 0 aliphatic carbocycles. The average Bonchev–Trinajstić information content (AvgIpc) is 2.64. The third kappa shape index (κ3) is 5.10. The molecule has 8 heteroatoms. The molecule has 1 heterocycles. The van der Waals surface area contributed by atoms with Crippen LogP contribution in [-0.2, 0) is 4.79 Å². The maximum Gasteiger partial charge on any atom is 0.269 e. The van der Waals surface area contributed by atoms with Crippen molar-refractivity contribution in [2.75, 3.05) is 0 Å². The fourth-order valence-electron chi connectivity index (χ4n) is 2.13. The van der Waals surface area contributed by atoms with Gasteiger partial charge in [-0.05, 0) is 42.3 Å². The first-order valence-corrected chi connectivity index (χ1v) is 7.95. The van der Waals surface area contributed by atoms with E-state index in [0.29, 0.717) is 5.56 Å². The van der Waals surface area contributed by atoms with E-state index in [2.05, 4.69) is 21.2 Å². The number of nitrogens with zero attached hydrogens (tertiary/aromatic N) is 1. The van der Waals surface area contributed by atoms with Gasteiger partial charge in [0, 0.05) is 23.5 Å². The third-order valence-corrected chi connectivity index (χ3v) is 3.58. The van der Waals surface area contributed by atoms with E-state index in [9.17, 15) is 18.8 Å². The Morgan fingerprint density at radius 3 is 2.04 bits per heavy atom. The van der Waals surface area contributed by atoms with Crippen LogP contribution in [0.3, 0.4) is 0 Å². The van der Waals surface area contributed by atoms with Crippen molar-refractivity contribution in [1.29, 1.82) is 0 Å². The topological polar surface area (TPSA) is 100 Å². The summed E-state index contributed by atoms with van der Waals surface area (Å²) in [4.78, 5) is 40.3. The summed E-state index contributed by atoms with van der Waals surface area (Å²) >= 11 is 0. The van der Waals surface area contributed by atoms with E-state index in [4.69, 9.17) is 0 Å². The molecule has 136 valence electrons. The average molecular weight is 358 g/mol. The normalized spacial score (nSPS) is 11.5. The Hall–Kier alpha value is -3.29. The number of carbonyl (C=O) groups is 3. The molecular weight excluding hydrogens is 339 g/mol. The number of hydrazine groups is 1. The first-order valence-electron chi connectivity index (χ1n) is 7.95. The second-order valence-corrected chi connectivity index (χ2v) is 5.88. The Bertz CT molecular complexity index is 779. The first-order chi connectivity index (χ1) is 12.4. The van der Waals surface area contributed by atoms with Crippen LogP contribution in [0.2, 0.25) is 0 Å². The Labute approximate surface area is 150 Å². The van der Waals surface area contributed by atoms with Gasteiger partial charge < -0.3 is 5.32 Å². The van der Waals surface area contributed by atoms with Gasteiger partial charge in [-0.15, -0.1) is 0 Å². The zero-order valence-electron chi connectivity index (χ0n) is 14.3. The molecular formula is C18H19FN4O3. The van der Waals surface area contributed by atoms with Crippen LogP contribution < -0.4 is 16.2 Å². The van der Waals surface area contributed by atoms with Crippen molar-refractivity contribution >= 4 is 17.7 Å². The molecule has 0 aliphatic rings. The van der Waals surface area contributed by atoms with E-state index in [1.807, 2.05) is 0 Å². The van der Waals surface area contributed by atoms with E-state index < -0.39 is 29.6 Å². The molecule has 0 saturated carbocycles. The number of nitrogens with one attached hydrogen (secondary N) is 3. The smallest absolute Gasteiger partial charge is 0.269 e. The first kappa shape index (κ1) is 19.0. The predicted octanol–water partition coefficient (Wildman–Crippen LogP) is 1.44. The van der Waals surface area contributed by atoms with Crippen LogP contribution >= 0.6 is 0 Å². The molecule has 7 nitrogen and oxygen atoms in total. The summed E-state index contributed by atoms with van der Waals surface area (Å²) in [5, 5.41) is 2.58. The monoisotopic (exact) mass is 358 g/mol. The number of hydrogen-bond donors (Lipinski definition) is 3. The number of carbonyl (C=O) groups excluding carboxylic acids is 3. The molecule has 0 saturated heterocycles. The van der Waals surface area contributed by atoms with Crippen LogP contribution in [0.25, 0.3) is 0 Å². The fourth-order valence-corrected chi connectivity index (χ4v) is 2.13. The van der Waals surface area contributed by atoms with Gasteiger partial charge >= 0.3 is 0 Å². The predicted molar refractivity (Wildman–Crippen MR) is 92.3 cm³/mol. The lowest BCUT2D eigenvalue weighted by Crippen LogP contribution is -2.54. The van der Waals surface area contributed by atoms with E-state index >= 15 is 0 Å². The minimum Gasteiger partial charge on any atom is -0.340 e. The van der Waals surface area contributed by atoms with Gasteiger partial charge in [-0.2, -0.15) is 0 Å². The van der Waals surface area contributed by atoms with Crippen LogP contribution in [0, 0.1) is 11.7 Å². The highest BCUT2D eigenvalue weighted by molar-refractivity contribution is 5.99. The molecule has 0 radical (unpaired) electrons. The van der Waals surface area contributed by atoms with Gasteiger partial charge in [0.25, 0.3) is 17.7 Å². The largest absolute Gasteiger partial charge is 0.340 e. The number of amides is 3. The van der Waals surface area contributed by atoms with Gasteiger partial charge in [0.15, 0.2) is 0 Å². The maximum absolute atomic E-state index is 12.9. The number of aromatic nitrogens is 1. The fraction of sp³-hybridized carbons (Fsp3) is 0.222. The maximum atomic E-state index is 12.9. The van der Waals surface area contributed by atoms with Gasteiger partial charge in [-0.3, -0.25) is 30.2 Å². The zero-order chi connectivity index (χ0) is 19.1. The van der Waals surface area contributed by atoms with Crippen LogP contribution in [-0.4, -0.2) is 28.7 Å². The van der Waals surface area contributed by atoms with Crippen molar-refractivity contribution in [2.45, 2.75) is 19.9 Å². The van der Waals surface area contributed by atoms with E-state index in [0.717, 1.165) is 12.1 Å². The van der Waals surface area contributed by atoms with Crippen LogP contribution in [0.5, 0.6) is 0 Å². The molecule has 1 aromatic heterocycles. The number of benzene rings is 1. The van der Waals surface area contributed by atoms with Crippen LogP contribution in [0.1, 0.15) is 34.6 Å². The standard InChI is InChI=1S/C18H19FN4O3/c1-11(2)15(21-16(24)12-3-5-14(19)6-4-12)18(26)23-22-17(25)13-7-9-20-10-8-13/h3-11,15H,1-2H3,(H,21,24)(H,22,25)(H,23,26). The van der Waals surface area contributed by atoms with Crippen molar-refractivity contribution in [3.63, 3.8) is 0 Å². The second kappa shape index (κ2) is 8.70. The summed E-state index contributed by atoms with van der Waals surface area (Å²) < 4.78 is 12.9. The summed E-state index contributed by atoms with van der Waals surface area (Å²) in [6.07, 6.45) is 2.91. The van der Waals surface area contributed by atoms with Crippen molar-refractivity contribution in [1.82, 2.24) is 21.2 Å². The van der Waals surface area contributed by atoms with Gasteiger partial charge in [0.2, 0.25) is 0 Å². The SMILES string of the molecule is CC(C)C(NC(=O)c1ccc(F)cc1)C(=O)NNC(=O)c1ccncc1. The number of halogens is 1. The molecule has 26 heavy (non-hydrogen) atoms. The molecule has 0 spiro atoms. The molecule has 3 N–H and O–H groups in total. The lowest BCUT2D eigenvalue weighted by atomic mass is 10.0. The van der Waals surface area contributed by atoms with Gasteiger partial charge in [0.05, 0.1) is 0 Å². The Kier molecular flexibility index (Phi) is 6.37. The molecule has 1 atom stereocenters. The molecule has 1 unspecified atom stereocenters. The van der Waals surface area contributed by atoms with E-state index in [-0.39, 0.29) is 11.5 Å². The Morgan fingerprint density at radius 2 is 1.46 bits per heavy atom. The van der Waals surface area contributed by atoms with Crippen LogP contribution in [0.4, 0.5) is 4.39 Å². The molecule has 0 bridgehead atoms. The molecule has 1 aromatic carbocycles. The van der Waals surface area contributed by atoms with E-state index in [1.54, 1.807) is 13.8 Å². The summed E-state index contributed by atoms with van der Waals surface area (Å²) in [6.45, 7) is 3.50. The molecule has 0 fully saturated rings. The van der Waals surface area contributed by atoms with Crippen molar-refractivity contribution in [3.05, 3.63) is 65.7 Å².